The van der Waals surface area contributed by atoms with Gasteiger partial charge in [0, 0.05) is 5.41 Å². The van der Waals surface area contributed by atoms with Gasteiger partial charge in [0.25, 0.3) is 0 Å². The van der Waals surface area contributed by atoms with E-state index in [0.717, 1.165) is 0 Å². The molecule has 0 aromatic carbocycles. The van der Waals surface area contributed by atoms with E-state index in [1.807, 2.05) is 34.6 Å². The van der Waals surface area contributed by atoms with Crippen LogP contribution in [0.25, 0.3) is 0 Å². The smallest absolute Gasteiger partial charge is 0.163 e. The number of rotatable bonds is 2. The molecule has 0 aliphatic carbocycles. The van der Waals surface area contributed by atoms with E-state index < -0.39 is 5.79 Å². The number of ketones is 1. The van der Waals surface area contributed by atoms with E-state index in [0.29, 0.717) is 6.61 Å². The van der Waals surface area contributed by atoms with Crippen molar-refractivity contribution in [2.75, 3.05) is 6.61 Å². The molecule has 0 bridgehead atoms. The molecular weight excluding hydrogens is 192 g/mol. The van der Waals surface area contributed by atoms with Crippen molar-refractivity contribution in [2.24, 2.45) is 5.41 Å². The molecule has 1 rings (SSSR count). The highest BCUT2D eigenvalue weighted by Gasteiger charge is 2.31. The molecule has 0 aromatic heterocycles. The second kappa shape index (κ2) is 4.06. The zero-order chi connectivity index (χ0) is 11.7. The van der Waals surface area contributed by atoms with E-state index in [1.54, 1.807) is 12.2 Å². The van der Waals surface area contributed by atoms with E-state index in [9.17, 15) is 4.79 Å². The van der Waals surface area contributed by atoms with Gasteiger partial charge in [-0.05, 0) is 26.0 Å². The molecule has 0 N–H and O–H groups in total. The van der Waals surface area contributed by atoms with Crippen molar-refractivity contribution in [3.63, 3.8) is 0 Å². The van der Waals surface area contributed by atoms with Crippen LogP contribution in [0.1, 0.15) is 34.6 Å². The van der Waals surface area contributed by atoms with Gasteiger partial charge in [-0.25, -0.2) is 0 Å². The van der Waals surface area contributed by atoms with Crippen LogP contribution in [-0.2, 0) is 14.3 Å². The highest BCUT2D eigenvalue weighted by molar-refractivity contribution is 5.93. The van der Waals surface area contributed by atoms with Crippen molar-refractivity contribution in [2.45, 2.75) is 46.5 Å². The lowest BCUT2D eigenvalue weighted by molar-refractivity contribution is -0.133. The molecule has 0 unspecified atom stereocenters. The summed E-state index contributed by atoms with van der Waals surface area (Å²) in [4.78, 5) is 11.6. The number of hydrogen-bond acceptors (Lipinski definition) is 3. The molecule has 1 saturated heterocycles. The number of allylic oxidation sites excluding steroid dienone is 1. The first-order valence-corrected chi connectivity index (χ1v) is 5.25. The molecule has 1 aliphatic heterocycles. The average Bonchev–Trinajstić information content (AvgIpc) is 2.39. The van der Waals surface area contributed by atoms with Crippen molar-refractivity contribution >= 4 is 5.78 Å². The zero-order valence-corrected chi connectivity index (χ0v) is 10.2. The van der Waals surface area contributed by atoms with Gasteiger partial charge in [-0.1, -0.05) is 20.8 Å². The van der Waals surface area contributed by atoms with Gasteiger partial charge in [-0.3, -0.25) is 4.79 Å². The van der Waals surface area contributed by atoms with Crippen molar-refractivity contribution in [1.82, 2.24) is 0 Å². The monoisotopic (exact) mass is 212 g/mol. The van der Waals surface area contributed by atoms with Gasteiger partial charge in [-0.2, -0.15) is 0 Å². The number of carbonyl (C=O) groups is 1. The summed E-state index contributed by atoms with van der Waals surface area (Å²) in [6.07, 6.45) is 3.27. The Balaban J connectivity index is 2.50. The molecule has 0 spiro atoms. The predicted octanol–water partition coefficient (Wildman–Crippen LogP) is 2.31. The fraction of sp³-hybridized carbons (Fsp3) is 0.750. The van der Waals surface area contributed by atoms with Crippen LogP contribution < -0.4 is 0 Å². The largest absolute Gasteiger partial charge is 0.347 e. The lowest BCUT2D eigenvalue weighted by atomic mass is 9.90. The Morgan fingerprint density at radius 3 is 2.40 bits per heavy atom. The van der Waals surface area contributed by atoms with Crippen LogP contribution in [-0.4, -0.2) is 24.3 Å². The fourth-order valence-electron chi connectivity index (χ4n) is 1.25. The maximum absolute atomic E-state index is 11.6. The molecule has 1 aliphatic rings. The Labute approximate surface area is 91.4 Å². The molecule has 0 amide bonds. The minimum atomic E-state index is -0.528. The standard InChI is InChI=1S/C12H20O3/c1-11(2,3)10(13)7-6-9-8-14-12(4,5)15-9/h6-7,9H,8H2,1-5H3/b7-6+/t9-/m0/s1. The summed E-state index contributed by atoms with van der Waals surface area (Å²) in [6.45, 7) is 9.95. The van der Waals surface area contributed by atoms with Crippen LogP contribution >= 0.6 is 0 Å². The summed E-state index contributed by atoms with van der Waals surface area (Å²) < 4.78 is 10.9. The van der Waals surface area contributed by atoms with Crippen molar-refractivity contribution in [3.05, 3.63) is 12.2 Å². The molecule has 3 heteroatoms. The van der Waals surface area contributed by atoms with Crippen LogP contribution in [0.4, 0.5) is 0 Å². The minimum Gasteiger partial charge on any atom is -0.347 e. The first-order valence-electron chi connectivity index (χ1n) is 5.25. The fourth-order valence-corrected chi connectivity index (χ4v) is 1.25. The third-order valence-electron chi connectivity index (χ3n) is 2.23. The third kappa shape index (κ3) is 3.76. The van der Waals surface area contributed by atoms with E-state index in [-0.39, 0.29) is 17.3 Å². The second-order valence-electron chi connectivity index (χ2n) is 5.34. The van der Waals surface area contributed by atoms with Gasteiger partial charge >= 0.3 is 0 Å². The highest BCUT2D eigenvalue weighted by Crippen LogP contribution is 2.23. The summed E-state index contributed by atoms with van der Waals surface area (Å²) in [7, 11) is 0. The normalized spacial score (nSPS) is 26.1. The molecule has 86 valence electrons. The Hall–Kier alpha value is -0.670. The molecule has 15 heavy (non-hydrogen) atoms. The topological polar surface area (TPSA) is 35.5 Å². The number of carbonyl (C=O) groups excluding carboxylic acids is 1. The maximum atomic E-state index is 11.6. The summed E-state index contributed by atoms with van der Waals surface area (Å²) in [5.74, 6) is -0.421. The second-order valence-corrected chi connectivity index (χ2v) is 5.34. The molecular formula is C12H20O3. The van der Waals surface area contributed by atoms with Crippen LogP contribution in [0.5, 0.6) is 0 Å². The third-order valence-corrected chi connectivity index (χ3v) is 2.23. The van der Waals surface area contributed by atoms with Crippen LogP contribution in [0.2, 0.25) is 0 Å². The quantitative estimate of drug-likeness (QED) is 0.659. The summed E-state index contributed by atoms with van der Waals surface area (Å²) in [5.41, 5.74) is -0.328. The Morgan fingerprint density at radius 1 is 1.40 bits per heavy atom. The summed E-state index contributed by atoms with van der Waals surface area (Å²) >= 11 is 0. The zero-order valence-electron chi connectivity index (χ0n) is 10.2. The van der Waals surface area contributed by atoms with Crippen LogP contribution in [0, 0.1) is 5.41 Å². The molecule has 1 fully saturated rings. The number of ether oxygens (including phenoxy) is 2. The molecule has 1 atom stereocenters. The Bertz CT molecular complexity index is 271. The summed E-state index contributed by atoms with van der Waals surface area (Å²) in [5, 5.41) is 0. The first-order chi connectivity index (χ1) is 6.71. The van der Waals surface area contributed by atoms with Crippen LogP contribution in [0.15, 0.2) is 12.2 Å². The van der Waals surface area contributed by atoms with Gasteiger partial charge < -0.3 is 9.47 Å². The van der Waals surface area contributed by atoms with E-state index in [4.69, 9.17) is 9.47 Å². The van der Waals surface area contributed by atoms with Gasteiger partial charge in [0.2, 0.25) is 0 Å². The van der Waals surface area contributed by atoms with E-state index >= 15 is 0 Å². The van der Waals surface area contributed by atoms with Crippen molar-refractivity contribution in [3.8, 4) is 0 Å². The molecule has 0 saturated carbocycles. The average molecular weight is 212 g/mol. The van der Waals surface area contributed by atoms with Gasteiger partial charge in [0.05, 0.1) is 6.61 Å². The highest BCUT2D eigenvalue weighted by atomic mass is 16.7. The Kier molecular flexibility index (Phi) is 3.36. The van der Waals surface area contributed by atoms with E-state index in [1.165, 1.54) is 0 Å². The molecule has 1 heterocycles. The Morgan fingerprint density at radius 2 is 2.00 bits per heavy atom. The SMILES string of the molecule is CC1(C)OC[C@H](/C=C/C(=O)C(C)(C)C)O1. The number of hydrogen-bond donors (Lipinski definition) is 0. The molecule has 0 radical (unpaired) electrons. The van der Waals surface area contributed by atoms with Crippen molar-refractivity contribution < 1.29 is 14.3 Å². The molecule has 3 nitrogen and oxygen atoms in total. The lowest BCUT2D eigenvalue weighted by Crippen LogP contribution is -2.21. The van der Waals surface area contributed by atoms with Gasteiger partial charge in [0.1, 0.15) is 6.10 Å². The maximum Gasteiger partial charge on any atom is 0.163 e. The minimum absolute atomic E-state index is 0.105. The lowest BCUT2D eigenvalue weighted by Gasteiger charge is -2.16. The summed E-state index contributed by atoms with van der Waals surface area (Å²) in [6, 6.07) is 0. The van der Waals surface area contributed by atoms with Crippen molar-refractivity contribution in [1.29, 1.82) is 0 Å². The van der Waals surface area contributed by atoms with E-state index in [2.05, 4.69) is 0 Å². The molecule has 0 aromatic rings. The van der Waals surface area contributed by atoms with Gasteiger partial charge in [0.15, 0.2) is 11.6 Å². The van der Waals surface area contributed by atoms with Crippen LogP contribution in [0.3, 0.4) is 0 Å². The predicted molar refractivity (Wildman–Crippen MR) is 58.5 cm³/mol. The van der Waals surface area contributed by atoms with Gasteiger partial charge in [-0.15, -0.1) is 0 Å². The first kappa shape index (κ1) is 12.4.